The molecule has 0 unspecified atom stereocenters. The minimum atomic E-state index is -4.34. The molecule has 1 heterocycles. The average Bonchev–Trinajstić information content (AvgIpc) is 2.59. The van der Waals surface area contributed by atoms with E-state index in [1.54, 1.807) is 12.1 Å². The molecule has 0 radical (unpaired) electrons. The molecule has 0 N–H and O–H groups in total. The number of aryl methyl sites for hydroxylation is 1. The molecule has 1 nitrogen and oxygen atoms in total. The number of hydrogen-bond acceptors (Lipinski definition) is 2. The van der Waals surface area contributed by atoms with Gasteiger partial charge in [-0.3, -0.25) is 0 Å². The number of alkyl halides is 3. The van der Waals surface area contributed by atoms with Crippen LogP contribution in [-0.4, -0.2) is 4.98 Å². The molecule has 0 bridgehead atoms. The first-order valence-electron chi connectivity index (χ1n) is 4.48. The van der Waals surface area contributed by atoms with E-state index in [9.17, 15) is 13.2 Å². The number of hydrogen-bond donors (Lipinski definition) is 0. The normalized spacial score (nSPS) is 12.3. The van der Waals surface area contributed by atoms with Gasteiger partial charge in [-0.05, 0) is 18.1 Å². The summed E-state index contributed by atoms with van der Waals surface area (Å²) < 4.78 is 37.8. The second-order valence-corrected chi connectivity index (χ2v) is 4.16. The van der Waals surface area contributed by atoms with Gasteiger partial charge in [-0.15, -0.1) is 11.3 Å². The zero-order valence-corrected chi connectivity index (χ0v) is 8.75. The van der Waals surface area contributed by atoms with Crippen LogP contribution in [0.2, 0.25) is 0 Å². The Balaban J connectivity index is 2.65. The summed E-state index contributed by atoms with van der Waals surface area (Å²) in [6.07, 6.45) is -3.65. The van der Waals surface area contributed by atoms with Crippen molar-refractivity contribution < 1.29 is 13.2 Å². The predicted octanol–water partition coefficient (Wildman–Crippen LogP) is 3.88. The lowest BCUT2D eigenvalue weighted by atomic mass is 10.1. The molecule has 1 aromatic carbocycles. The fraction of sp³-hybridized carbons (Fsp3) is 0.300. The highest BCUT2D eigenvalue weighted by Crippen LogP contribution is 2.36. The highest BCUT2D eigenvalue weighted by atomic mass is 32.1. The first-order chi connectivity index (χ1) is 7.02. The highest BCUT2D eigenvalue weighted by molar-refractivity contribution is 7.18. The summed E-state index contributed by atoms with van der Waals surface area (Å²) in [4.78, 5) is 3.65. The van der Waals surface area contributed by atoms with Crippen molar-refractivity contribution in [1.82, 2.24) is 4.98 Å². The van der Waals surface area contributed by atoms with Crippen LogP contribution in [0.25, 0.3) is 10.2 Å². The van der Waals surface area contributed by atoms with Gasteiger partial charge in [-0.1, -0.05) is 19.1 Å². The van der Waals surface area contributed by atoms with Gasteiger partial charge in [0.25, 0.3) is 0 Å². The van der Waals surface area contributed by atoms with Gasteiger partial charge in [0.05, 0.1) is 10.2 Å². The van der Waals surface area contributed by atoms with E-state index >= 15 is 0 Å². The molecule has 0 atom stereocenters. The van der Waals surface area contributed by atoms with Crippen LogP contribution in [0.5, 0.6) is 0 Å². The number of nitrogens with zero attached hydrogens (tertiary/aromatic N) is 1. The molecule has 15 heavy (non-hydrogen) atoms. The van der Waals surface area contributed by atoms with Crippen molar-refractivity contribution in [2.45, 2.75) is 19.5 Å². The SMILES string of the molecule is CCc1cccc2sc(C(F)(F)F)nc12. The smallest absolute Gasteiger partial charge is 0.232 e. The number of benzene rings is 1. The lowest BCUT2D eigenvalue weighted by Crippen LogP contribution is -2.03. The van der Waals surface area contributed by atoms with Gasteiger partial charge in [0.2, 0.25) is 0 Å². The van der Waals surface area contributed by atoms with E-state index in [0.29, 0.717) is 28.0 Å². The van der Waals surface area contributed by atoms with E-state index in [2.05, 4.69) is 4.98 Å². The van der Waals surface area contributed by atoms with Crippen molar-refractivity contribution in [3.63, 3.8) is 0 Å². The highest BCUT2D eigenvalue weighted by Gasteiger charge is 2.35. The molecule has 2 rings (SSSR count). The molecule has 0 aliphatic heterocycles. The molecule has 80 valence electrons. The summed E-state index contributed by atoms with van der Waals surface area (Å²) in [5.41, 5.74) is 1.34. The van der Waals surface area contributed by atoms with Crippen molar-refractivity contribution in [2.24, 2.45) is 0 Å². The van der Waals surface area contributed by atoms with Crippen molar-refractivity contribution in [3.8, 4) is 0 Å². The topological polar surface area (TPSA) is 12.9 Å². The van der Waals surface area contributed by atoms with E-state index in [0.717, 1.165) is 5.56 Å². The number of rotatable bonds is 1. The Morgan fingerprint density at radius 3 is 2.67 bits per heavy atom. The maximum Gasteiger partial charge on any atom is 0.443 e. The number of fused-ring (bicyclic) bond motifs is 1. The van der Waals surface area contributed by atoms with E-state index in [-0.39, 0.29) is 0 Å². The minimum absolute atomic E-state index is 0.484. The Kier molecular flexibility index (Phi) is 2.42. The van der Waals surface area contributed by atoms with E-state index in [1.807, 2.05) is 13.0 Å². The first kappa shape index (κ1) is 10.4. The maximum absolute atomic E-state index is 12.4. The van der Waals surface area contributed by atoms with Crippen LogP contribution in [0.4, 0.5) is 13.2 Å². The van der Waals surface area contributed by atoms with Crippen LogP contribution < -0.4 is 0 Å². The summed E-state index contributed by atoms with van der Waals surface area (Å²) in [7, 11) is 0. The first-order valence-corrected chi connectivity index (χ1v) is 5.29. The molecule has 1 aromatic heterocycles. The van der Waals surface area contributed by atoms with Gasteiger partial charge >= 0.3 is 6.18 Å². The van der Waals surface area contributed by atoms with E-state index < -0.39 is 11.2 Å². The van der Waals surface area contributed by atoms with Crippen molar-refractivity contribution in [2.75, 3.05) is 0 Å². The fourth-order valence-electron chi connectivity index (χ4n) is 1.41. The van der Waals surface area contributed by atoms with Crippen molar-refractivity contribution >= 4 is 21.6 Å². The van der Waals surface area contributed by atoms with Gasteiger partial charge in [0, 0.05) is 0 Å². The lowest BCUT2D eigenvalue weighted by molar-refractivity contribution is -0.137. The molecule has 0 aliphatic carbocycles. The third kappa shape index (κ3) is 1.84. The van der Waals surface area contributed by atoms with Crippen LogP contribution in [0, 0.1) is 0 Å². The fourth-order valence-corrected chi connectivity index (χ4v) is 2.29. The van der Waals surface area contributed by atoms with Crippen LogP contribution in [0.1, 0.15) is 17.5 Å². The molecule has 5 heteroatoms. The van der Waals surface area contributed by atoms with Crippen molar-refractivity contribution in [3.05, 3.63) is 28.8 Å². The summed E-state index contributed by atoms with van der Waals surface area (Å²) in [6, 6.07) is 5.24. The molecule has 0 aliphatic rings. The van der Waals surface area contributed by atoms with Gasteiger partial charge in [0.1, 0.15) is 0 Å². The van der Waals surface area contributed by atoms with Gasteiger partial charge in [-0.25, -0.2) is 4.98 Å². The Hall–Kier alpha value is -1.10. The summed E-state index contributed by atoms with van der Waals surface area (Å²) in [5.74, 6) is 0. The lowest BCUT2D eigenvalue weighted by Gasteiger charge is -1.98. The number of para-hydroxylation sites is 1. The van der Waals surface area contributed by atoms with Gasteiger partial charge < -0.3 is 0 Å². The van der Waals surface area contributed by atoms with Gasteiger partial charge in [0.15, 0.2) is 5.01 Å². The Labute approximate surface area is 88.6 Å². The predicted molar refractivity (Wildman–Crippen MR) is 54.0 cm³/mol. The molecule has 0 amide bonds. The Morgan fingerprint density at radius 1 is 1.33 bits per heavy atom. The standard InChI is InChI=1S/C10H8F3NS/c1-2-6-4-3-5-7-8(6)14-9(15-7)10(11,12)13/h3-5H,2H2,1H3. The third-order valence-electron chi connectivity index (χ3n) is 2.13. The van der Waals surface area contributed by atoms with Crippen LogP contribution in [-0.2, 0) is 12.6 Å². The molecular formula is C10H8F3NS. The summed E-state index contributed by atoms with van der Waals surface area (Å²) in [6.45, 7) is 1.90. The zero-order valence-electron chi connectivity index (χ0n) is 7.93. The van der Waals surface area contributed by atoms with Crippen LogP contribution in [0.3, 0.4) is 0 Å². The molecular weight excluding hydrogens is 223 g/mol. The number of halogens is 3. The van der Waals surface area contributed by atoms with Gasteiger partial charge in [-0.2, -0.15) is 13.2 Å². The largest absolute Gasteiger partial charge is 0.443 e. The summed E-state index contributed by atoms with van der Waals surface area (Å²) in [5, 5.41) is -0.765. The minimum Gasteiger partial charge on any atom is -0.232 e. The summed E-state index contributed by atoms with van der Waals surface area (Å²) >= 11 is 0.698. The Bertz CT molecular complexity index is 487. The molecule has 0 saturated heterocycles. The zero-order chi connectivity index (χ0) is 11.1. The molecule has 0 spiro atoms. The van der Waals surface area contributed by atoms with Crippen LogP contribution in [0.15, 0.2) is 18.2 Å². The van der Waals surface area contributed by atoms with Crippen molar-refractivity contribution in [1.29, 1.82) is 0 Å². The second-order valence-electron chi connectivity index (χ2n) is 3.13. The maximum atomic E-state index is 12.4. The van der Waals surface area contributed by atoms with E-state index in [4.69, 9.17) is 0 Å². The van der Waals surface area contributed by atoms with E-state index in [1.165, 1.54) is 0 Å². The van der Waals surface area contributed by atoms with Crippen LogP contribution >= 0.6 is 11.3 Å². The molecule has 2 aromatic rings. The third-order valence-corrected chi connectivity index (χ3v) is 3.19. The monoisotopic (exact) mass is 231 g/mol. The number of aromatic nitrogens is 1. The quantitative estimate of drug-likeness (QED) is 0.725. The molecule has 0 fully saturated rings. The average molecular weight is 231 g/mol. The Morgan fingerprint density at radius 2 is 2.07 bits per heavy atom. The molecule has 0 saturated carbocycles. The second kappa shape index (κ2) is 3.48. The number of thiazole rings is 1.